The quantitative estimate of drug-likeness (QED) is 0.745. The average molecular weight is 316 g/mol. The Hall–Kier alpha value is -2.41. The highest BCUT2D eigenvalue weighted by molar-refractivity contribution is 7.80. The number of carboxylic acid groups (broad SMARTS) is 1. The number of fused-ring (bicyclic) bond motifs is 1. The largest absolute Gasteiger partial charge is 0.476 e. The number of carbonyl (C=O) groups is 1. The fourth-order valence-electron chi connectivity index (χ4n) is 2.55. The van der Waals surface area contributed by atoms with Gasteiger partial charge in [0, 0.05) is 18.7 Å². The molecule has 0 unspecified atom stereocenters. The molecule has 0 fully saturated rings. The highest BCUT2D eigenvalue weighted by Gasteiger charge is 2.25. The maximum absolute atomic E-state index is 11.1. The van der Waals surface area contributed by atoms with Crippen molar-refractivity contribution >= 4 is 23.3 Å². The molecule has 3 rings (SSSR count). The van der Waals surface area contributed by atoms with Crippen LogP contribution in [0, 0.1) is 0 Å². The Labute approximate surface area is 133 Å². The molecule has 22 heavy (non-hydrogen) atoms. The van der Waals surface area contributed by atoms with Crippen LogP contribution in [0.2, 0.25) is 0 Å². The van der Waals surface area contributed by atoms with E-state index in [-0.39, 0.29) is 5.69 Å². The molecule has 7 heteroatoms. The first-order valence-corrected chi connectivity index (χ1v) is 7.42. The van der Waals surface area contributed by atoms with Crippen LogP contribution in [0.5, 0.6) is 0 Å². The summed E-state index contributed by atoms with van der Waals surface area (Å²) in [5.74, 6) is -0.990. The van der Waals surface area contributed by atoms with Crippen LogP contribution in [-0.4, -0.2) is 37.8 Å². The lowest BCUT2D eigenvalue weighted by Crippen LogP contribution is -2.42. The third-order valence-corrected chi connectivity index (χ3v) is 4.11. The van der Waals surface area contributed by atoms with Crippen molar-refractivity contribution in [2.24, 2.45) is 0 Å². The minimum Gasteiger partial charge on any atom is -0.476 e. The lowest BCUT2D eigenvalue weighted by Gasteiger charge is -2.29. The first-order chi connectivity index (χ1) is 10.6. The Balaban J connectivity index is 1.62. The number of rotatable bonds is 3. The zero-order valence-electron chi connectivity index (χ0n) is 11.9. The van der Waals surface area contributed by atoms with E-state index in [2.05, 4.69) is 15.5 Å². The number of hydrogen-bond donors (Lipinski definition) is 3. The number of aromatic amines is 1. The average Bonchev–Trinajstić information content (AvgIpc) is 2.97. The van der Waals surface area contributed by atoms with E-state index in [9.17, 15) is 4.79 Å². The van der Waals surface area contributed by atoms with Gasteiger partial charge in [-0.25, -0.2) is 4.79 Å². The van der Waals surface area contributed by atoms with Gasteiger partial charge in [-0.05, 0) is 24.2 Å². The zero-order chi connectivity index (χ0) is 15.5. The molecule has 0 saturated carbocycles. The Kier molecular flexibility index (Phi) is 4.06. The highest BCUT2D eigenvalue weighted by Crippen LogP contribution is 2.20. The summed E-state index contributed by atoms with van der Waals surface area (Å²) in [4.78, 5) is 13.1. The van der Waals surface area contributed by atoms with Gasteiger partial charge in [0.05, 0.1) is 12.2 Å². The fourth-order valence-corrected chi connectivity index (χ4v) is 2.78. The van der Waals surface area contributed by atoms with Gasteiger partial charge in [-0.15, -0.1) is 0 Å². The van der Waals surface area contributed by atoms with Gasteiger partial charge >= 0.3 is 5.97 Å². The van der Waals surface area contributed by atoms with E-state index in [0.717, 1.165) is 16.8 Å². The van der Waals surface area contributed by atoms with Crippen molar-refractivity contribution in [3.05, 3.63) is 52.8 Å². The number of carboxylic acids is 1. The fraction of sp³-hybridized carbons (Fsp3) is 0.267. The first-order valence-electron chi connectivity index (χ1n) is 7.01. The van der Waals surface area contributed by atoms with Crippen LogP contribution in [0.3, 0.4) is 0 Å². The van der Waals surface area contributed by atoms with E-state index in [0.29, 0.717) is 31.2 Å². The normalized spacial score (nSPS) is 13.5. The van der Waals surface area contributed by atoms with Crippen LogP contribution >= 0.6 is 12.2 Å². The molecule has 1 aromatic heterocycles. The molecule has 0 radical (unpaired) electrons. The third kappa shape index (κ3) is 2.94. The lowest BCUT2D eigenvalue weighted by molar-refractivity contribution is 0.0689. The summed E-state index contributed by atoms with van der Waals surface area (Å²) in [5, 5.41) is 19.7. The van der Waals surface area contributed by atoms with Gasteiger partial charge in [-0.2, -0.15) is 5.10 Å². The summed E-state index contributed by atoms with van der Waals surface area (Å²) in [6, 6.07) is 10.0. The van der Waals surface area contributed by atoms with Crippen LogP contribution in [0.1, 0.15) is 27.3 Å². The van der Waals surface area contributed by atoms with E-state index < -0.39 is 5.97 Å². The van der Waals surface area contributed by atoms with E-state index in [1.54, 1.807) is 0 Å². The number of nitrogens with zero attached hydrogens (tertiary/aromatic N) is 2. The number of hydrogen-bond acceptors (Lipinski definition) is 3. The van der Waals surface area contributed by atoms with E-state index in [1.165, 1.54) is 0 Å². The van der Waals surface area contributed by atoms with Crippen molar-refractivity contribution in [3.63, 3.8) is 0 Å². The monoisotopic (exact) mass is 316 g/mol. The first kappa shape index (κ1) is 14.5. The van der Waals surface area contributed by atoms with Crippen LogP contribution in [0.4, 0.5) is 0 Å². The molecular formula is C15H16N4O2S. The van der Waals surface area contributed by atoms with Crippen molar-refractivity contribution in [2.45, 2.75) is 19.5 Å². The SMILES string of the molecule is O=C(O)c1n[nH]c2c1CCN(C(=S)NCc1ccccc1)C2. The molecule has 6 nitrogen and oxygen atoms in total. The molecule has 2 heterocycles. The number of H-pyrrole nitrogens is 1. The molecule has 0 amide bonds. The Morgan fingerprint density at radius 2 is 2.18 bits per heavy atom. The molecule has 1 aliphatic heterocycles. The smallest absolute Gasteiger partial charge is 0.356 e. The molecule has 0 aliphatic carbocycles. The summed E-state index contributed by atoms with van der Waals surface area (Å²) in [6.45, 7) is 1.91. The predicted octanol–water partition coefficient (Wildman–Crippen LogP) is 1.54. The molecule has 0 atom stereocenters. The van der Waals surface area contributed by atoms with Crippen LogP contribution in [-0.2, 0) is 19.5 Å². The molecule has 114 valence electrons. The Bertz CT molecular complexity index is 699. The predicted molar refractivity (Wildman–Crippen MR) is 85.5 cm³/mol. The van der Waals surface area contributed by atoms with Crippen molar-refractivity contribution in [1.82, 2.24) is 20.4 Å². The molecule has 1 aliphatic rings. The Morgan fingerprint density at radius 3 is 2.91 bits per heavy atom. The van der Waals surface area contributed by atoms with Crippen LogP contribution < -0.4 is 5.32 Å². The molecule has 0 saturated heterocycles. The van der Waals surface area contributed by atoms with Crippen LogP contribution in [0.15, 0.2) is 30.3 Å². The van der Waals surface area contributed by atoms with Crippen molar-refractivity contribution < 1.29 is 9.90 Å². The van der Waals surface area contributed by atoms with Crippen molar-refractivity contribution in [3.8, 4) is 0 Å². The van der Waals surface area contributed by atoms with Gasteiger partial charge in [0.25, 0.3) is 0 Å². The maximum Gasteiger partial charge on any atom is 0.356 e. The van der Waals surface area contributed by atoms with Gasteiger partial charge in [0.1, 0.15) is 0 Å². The van der Waals surface area contributed by atoms with Gasteiger partial charge in [-0.3, -0.25) is 5.10 Å². The van der Waals surface area contributed by atoms with E-state index in [4.69, 9.17) is 17.3 Å². The standard InChI is InChI=1S/C15H16N4O2S/c20-14(21)13-11-6-7-19(9-12(11)17-18-13)15(22)16-8-10-4-2-1-3-5-10/h1-5H,6-9H2,(H,16,22)(H,17,18)(H,20,21). The van der Waals surface area contributed by atoms with Gasteiger partial charge < -0.3 is 15.3 Å². The maximum atomic E-state index is 11.1. The minimum atomic E-state index is -0.990. The van der Waals surface area contributed by atoms with E-state index in [1.807, 2.05) is 35.2 Å². The molecule has 0 spiro atoms. The molecule has 2 aromatic rings. The topological polar surface area (TPSA) is 81.2 Å². The van der Waals surface area contributed by atoms with E-state index >= 15 is 0 Å². The zero-order valence-corrected chi connectivity index (χ0v) is 12.7. The third-order valence-electron chi connectivity index (χ3n) is 3.71. The molecule has 1 aromatic carbocycles. The lowest BCUT2D eigenvalue weighted by atomic mass is 10.0. The van der Waals surface area contributed by atoms with Gasteiger partial charge in [0.2, 0.25) is 0 Å². The number of thiocarbonyl (C=S) groups is 1. The Morgan fingerprint density at radius 1 is 1.41 bits per heavy atom. The van der Waals surface area contributed by atoms with Crippen LogP contribution in [0.25, 0.3) is 0 Å². The molecular weight excluding hydrogens is 300 g/mol. The number of nitrogens with one attached hydrogen (secondary N) is 2. The summed E-state index contributed by atoms with van der Waals surface area (Å²) < 4.78 is 0. The second-order valence-corrected chi connectivity index (χ2v) is 5.54. The molecule has 3 N–H and O–H groups in total. The molecule has 0 bridgehead atoms. The number of benzene rings is 1. The number of aromatic nitrogens is 2. The van der Waals surface area contributed by atoms with Crippen molar-refractivity contribution in [1.29, 1.82) is 0 Å². The summed E-state index contributed by atoms with van der Waals surface area (Å²) >= 11 is 5.42. The summed E-state index contributed by atoms with van der Waals surface area (Å²) in [6.07, 6.45) is 0.626. The van der Waals surface area contributed by atoms with Gasteiger partial charge in [0.15, 0.2) is 10.8 Å². The number of aromatic carboxylic acids is 1. The highest BCUT2D eigenvalue weighted by atomic mass is 32.1. The summed E-state index contributed by atoms with van der Waals surface area (Å²) in [5.41, 5.74) is 2.90. The summed E-state index contributed by atoms with van der Waals surface area (Å²) in [7, 11) is 0. The second kappa shape index (κ2) is 6.15. The minimum absolute atomic E-state index is 0.123. The van der Waals surface area contributed by atoms with Crippen molar-refractivity contribution in [2.75, 3.05) is 6.54 Å². The van der Waals surface area contributed by atoms with Gasteiger partial charge in [-0.1, -0.05) is 30.3 Å². The second-order valence-electron chi connectivity index (χ2n) is 5.15.